The number of hydrogen-bond acceptors (Lipinski definition) is 3. The molecule has 0 unspecified atom stereocenters. The van der Waals surface area contributed by atoms with Crippen LogP contribution in [0, 0.1) is 0 Å². The van der Waals surface area contributed by atoms with E-state index in [2.05, 4.69) is 17.4 Å². The molecule has 0 aliphatic heterocycles. The Kier molecular flexibility index (Phi) is 3.78. The van der Waals surface area contributed by atoms with Gasteiger partial charge in [0.1, 0.15) is 13.2 Å². The van der Waals surface area contributed by atoms with E-state index >= 15 is 0 Å². The van der Waals surface area contributed by atoms with E-state index in [0.717, 1.165) is 22.3 Å². The topological polar surface area (TPSA) is 75.6 Å². The Morgan fingerprint density at radius 1 is 1.00 bits per heavy atom. The lowest BCUT2D eigenvalue weighted by atomic mass is 9.98. The number of fused-ring (bicyclic) bond motifs is 3. The highest BCUT2D eigenvalue weighted by molar-refractivity contribution is 5.79. The third kappa shape index (κ3) is 2.65. The predicted octanol–water partition coefficient (Wildman–Crippen LogP) is 2.61. The number of hydrogen-bond donors (Lipinski definition) is 2. The van der Waals surface area contributed by atoms with Gasteiger partial charge in [-0.3, -0.25) is 4.79 Å². The largest absolute Gasteiger partial charge is 0.480 e. The van der Waals surface area contributed by atoms with Crippen LogP contribution >= 0.6 is 0 Å². The molecule has 0 heterocycles. The first kappa shape index (κ1) is 14.1. The van der Waals surface area contributed by atoms with Crippen molar-refractivity contribution < 1.29 is 19.4 Å². The zero-order chi connectivity index (χ0) is 15.5. The van der Waals surface area contributed by atoms with Gasteiger partial charge in [-0.15, -0.1) is 0 Å². The molecule has 1 aliphatic rings. The molecule has 1 amide bonds. The molecule has 5 heteroatoms. The number of ether oxygens (including phenoxy) is 1. The molecule has 2 aromatic carbocycles. The molecule has 1 aliphatic carbocycles. The molecule has 0 aromatic heterocycles. The number of amides is 1. The van der Waals surface area contributed by atoms with Crippen molar-refractivity contribution in [1.29, 1.82) is 0 Å². The van der Waals surface area contributed by atoms with E-state index in [9.17, 15) is 9.59 Å². The second-order valence-corrected chi connectivity index (χ2v) is 5.07. The second-order valence-electron chi connectivity index (χ2n) is 5.07. The van der Waals surface area contributed by atoms with Crippen LogP contribution in [0.5, 0.6) is 0 Å². The summed E-state index contributed by atoms with van der Waals surface area (Å²) >= 11 is 0. The number of carboxylic acid groups (broad SMARTS) is 1. The van der Waals surface area contributed by atoms with Gasteiger partial charge in [-0.25, -0.2) is 4.79 Å². The van der Waals surface area contributed by atoms with Crippen molar-refractivity contribution in [3.05, 3.63) is 59.7 Å². The molecule has 0 saturated heterocycles. The number of carboxylic acids is 1. The van der Waals surface area contributed by atoms with E-state index in [1.54, 1.807) is 0 Å². The molecule has 0 atom stereocenters. The number of carbonyl (C=O) groups is 2. The Bertz CT molecular complexity index is 681. The lowest BCUT2D eigenvalue weighted by Gasteiger charge is -2.14. The van der Waals surface area contributed by atoms with E-state index in [1.807, 2.05) is 36.4 Å². The van der Waals surface area contributed by atoms with Crippen molar-refractivity contribution >= 4 is 12.1 Å². The Balaban J connectivity index is 1.77. The summed E-state index contributed by atoms with van der Waals surface area (Å²) in [6.07, 6.45) is -0.718. The maximum absolute atomic E-state index is 11.5. The van der Waals surface area contributed by atoms with Crippen LogP contribution in [-0.2, 0) is 9.53 Å². The summed E-state index contributed by atoms with van der Waals surface area (Å²) in [7, 11) is 0. The summed E-state index contributed by atoms with van der Waals surface area (Å²) in [6, 6.07) is 16.1. The second kappa shape index (κ2) is 5.89. The Morgan fingerprint density at radius 2 is 1.55 bits per heavy atom. The number of benzene rings is 2. The highest BCUT2D eigenvalue weighted by Gasteiger charge is 2.28. The van der Waals surface area contributed by atoms with Crippen LogP contribution in [0.1, 0.15) is 17.0 Å². The van der Waals surface area contributed by atoms with Gasteiger partial charge in [0.05, 0.1) is 0 Å². The molecule has 0 radical (unpaired) electrons. The molecule has 2 aromatic rings. The van der Waals surface area contributed by atoms with Crippen LogP contribution in [0.25, 0.3) is 11.1 Å². The van der Waals surface area contributed by atoms with Crippen LogP contribution in [0.15, 0.2) is 48.5 Å². The number of nitrogens with one attached hydrogen (secondary N) is 1. The van der Waals surface area contributed by atoms with Crippen molar-refractivity contribution in [2.75, 3.05) is 13.2 Å². The first-order valence-electron chi connectivity index (χ1n) is 6.97. The molecule has 22 heavy (non-hydrogen) atoms. The quantitative estimate of drug-likeness (QED) is 0.851. The zero-order valence-corrected chi connectivity index (χ0v) is 11.8. The molecule has 0 spiro atoms. The van der Waals surface area contributed by atoms with Crippen molar-refractivity contribution in [3.8, 4) is 11.1 Å². The predicted molar refractivity (Wildman–Crippen MR) is 80.7 cm³/mol. The first-order chi connectivity index (χ1) is 10.7. The van der Waals surface area contributed by atoms with Crippen LogP contribution in [0.4, 0.5) is 4.79 Å². The summed E-state index contributed by atoms with van der Waals surface area (Å²) < 4.78 is 5.18. The summed E-state index contributed by atoms with van der Waals surface area (Å²) in [5.41, 5.74) is 4.54. The fourth-order valence-electron chi connectivity index (χ4n) is 2.80. The minimum absolute atomic E-state index is 0.0250. The van der Waals surface area contributed by atoms with Crippen LogP contribution in [0.2, 0.25) is 0 Å². The van der Waals surface area contributed by atoms with E-state index in [4.69, 9.17) is 9.84 Å². The van der Waals surface area contributed by atoms with Gasteiger partial charge in [0, 0.05) is 5.92 Å². The smallest absolute Gasteiger partial charge is 0.407 e. The van der Waals surface area contributed by atoms with Gasteiger partial charge in [-0.1, -0.05) is 48.5 Å². The van der Waals surface area contributed by atoms with Crippen molar-refractivity contribution in [3.63, 3.8) is 0 Å². The third-order valence-electron chi connectivity index (χ3n) is 3.73. The molecular formula is C17H15NO4. The molecule has 0 saturated carbocycles. The highest BCUT2D eigenvalue weighted by Crippen LogP contribution is 2.44. The monoisotopic (exact) mass is 298 g/mol. The Labute approximate surface area is 127 Å². The van der Waals surface area contributed by atoms with Gasteiger partial charge >= 0.3 is 12.1 Å². The maximum Gasteiger partial charge on any atom is 0.407 e. The molecule has 5 nitrogen and oxygen atoms in total. The average molecular weight is 298 g/mol. The minimum atomic E-state index is -1.10. The number of alkyl carbamates (subject to hydrolysis) is 1. The van der Waals surface area contributed by atoms with Gasteiger partial charge in [0.15, 0.2) is 0 Å². The third-order valence-corrected chi connectivity index (χ3v) is 3.73. The molecule has 0 bridgehead atoms. The van der Waals surface area contributed by atoms with E-state index < -0.39 is 18.6 Å². The van der Waals surface area contributed by atoms with E-state index in [0.29, 0.717) is 0 Å². The van der Waals surface area contributed by atoms with Crippen LogP contribution in [-0.4, -0.2) is 30.3 Å². The van der Waals surface area contributed by atoms with Gasteiger partial charge in [-0.05, 0) is 22.3 Å². The van der Waals surface area contributed by atoms with Gasteiger partial charge < -0.3 is 15.2 Å². The zero-order valence-electron chi connectivity index (χ0n) is 11.8. The van der Waals surface area contributed by atoms with Crippen molar-refractivity contribution in [1.82, 2.24) is 5.32 Å². The lowest BCUT2D eigenvalue weighted by Crippen LogP contribution is -2.30. The molecule has 0 fully saturated rings. The van der Waals surface area contributed by atoms with Gasteiger partial charge in [0.2, 0.25) is 0 Å². The normalized spacial score (nSPS) is 12.4. The fourth-order valence-corrected chi connectivity index (χ4v) is 2.80. The number of carbonyl (C=O) groups excluding carboxylic acids is 1. The van der Waals surface area contributed by atoms with E-state index in [1.165, 1.54) is 0 Å². The van der Waals surface area contributed by atoms with Gasteiger partial charge in [-0.2, -0.15) is 0 Å². The number of rotatable bonds is 4. The van der Waals surface area contributed by atoms with E-state index in [-0.39, 0.29) is 12.5 Å². The fraction of sp³-hybridized carbons (Fsp3) is 0.176. The Hall–Kier alpha value is -2.82. The molecule has 2 N–H and O–H groups in total. The number of aliphatic carboxylic acids is 1. The maximum atomic E-state index is 11.5. The molecule has 3 rings (SSSR count). The molecule has 112 valence electrons. The van der Waals surface area contributed by atoms with Crippen molar-refractivity contribution in [2.24, 2.45) is 0 Å². The highest BCUT2D eigenvalue weighted by atomic mass is 16.5. The summed E-state index contributed by atoms with van der Waals surface area (Å²) in [5, 5.41) is 10.7. The van der Waals surface area contributed by atoms with Gasteiger partial charge in [0.25, 0.3) is 0 Å². The Morgan fingerprint density at radius 3 is 2.09 bits per heavy atom. The summed E-state index contributed by atoms with van der Waals surface area (Å²) in [6.45, 7) is -0.268. The average Bonchev–Trinajstić information content (AvgIpc) is 2.85. The lowest BCUT2D eigenvalue weighted by molar-refractivity contribution is -0.135. The minimum Gasteiger partial charge on any atom is -0.480 e. The van der Waals surface area contributed by atoms with Crippen LogP contribution in [0.3, 0.4) is 0 Å². The standard InChI is InChI=1S/C17H15NO4/c19-16(20)9-18-17(21)22-10-15-13-7-3-1-5-11(13)12-6-2-4-8-14(12)15/h1-8,15H,9-10H2,(H,18,21)(H,19,20)/i9+1. The molecular weight excluding hydrogens is 283 g/mol. The first-order valence-corrected chi connectivity index (χ1v) is 6.97. The van der Waals surface area contributed by atoms with Crippen molar-refractivity contribution in [2.45, 2.75) is 5.92 Å². The summed E-state index contributed by atoms with van der Waals surface area (Å²) in [5.74, 6) is -1.13. The SMILES string of the molecule is O=C(O)[13CH2]NC(=O)OCC1c2ccccc2-c2ccccc21. The van der Waals surface area contributed by atoms with Crippen LogP contribution < -0.4 is 5.32 Å². The summed E-state index contributed by atoms with van der Waals surface area (Å²) in [4.78, 5) is 22.0.